The fraction of sp³-hybridized carbons (Fsp3) is 0. The van der Waals surface area contributed by atoms with Crippen LogP contribution in [0.4, 0.5) is 0 Å². The Kier molecular flexibility index (Phi) is 2.51. The summed E-state index contributed by atoms with van der Waals surface area (Å²) in [5, 5.41) is 18.1. The smallest absolute Gasteiger partial charge is 0.354 e. The fourth-order valence-corrected chi connectivity index (χ4v) is 1.26. The van der Waals surface area contributed by atoms with Gasteiger partial charge in [0.25, 0.3) is 0 Å². The van der Waals surface area contributed by atoms with Crippen LogP contribution in [0.2, 0.25) is 0 Å². The van der Waals surface area contributed by atoms with Gasteiger partial charge in [0.2, 0.25) is 0 Å². The molecule has 0 saturated heterocycles. The van der Waals surface area contributed by atoms with Crippen LogP contribution < -0.4 is 0 Å². The van der Waals surface area contributed by atoms with Gasteiger partial charge in [-0.15, -0.1) is 0 Å². The zero-order valence-electron chi connectivity index (χ0n) is 8.16. The summed E-state index contributed by atoms with van der Waals surface area (Å²) in [5.74, 6) is -0.749. The summed E-state index contributed by atoms with van der Waals surface area (Å²) >= 11 is 0. The Hall–Kier alpha value is -2.43. The zero-order valence-corrected chi connectivity index (χ0v) is 8.16. The summed E-state index contributed by atoms with van der Waals surface area (Å²) in [7, 11) is 0. The summed E-state index contributed by atoms with van der Waals surface area (Å²) in [6, 6.07) is 7.64. The van der Waals surface area contributed by atoms with Crippen molar-refractivity contribution in [1.82, 2.24) is 9.97 Å². The molecule has 1 aromatic heterocycles. The van der Waals surface area contributed by atoms with Gasteiger partial charge in [-0.05, 0) is 18.2 Å². The van der Waals surface area contributed by atoms with Gasteiger partial charge < -0.3 is 10.2 Å². The number of nitrogens with zero attached hydrogens (tertiary/aromatic N) is 2. The molecule has 0 unspecified atom stereocenters. The molecule has 5 nitrogen and oxygen atoms in total. The van der Waals surface area contributed by atoms with Crippen molar-refractivity contribution < 1.29 is 15.0 Å². The third-order valence-electron chi connectivity index (χ3n) is 1.98. The number of benzene rings is 1. The number of aromatic nitrogens is 2. The van der Waals surface area contributed by atoms with Gasteiger partial charge in [0, 0.05) is 11.8 Å². The standard InChI is InChI=1S/C11H8N2O3/c14-8-3-1-2-7(6-8)10-12-5-4-9(13-10)11(15)16/h1-6,14H,(H,15,16). The van der Waals surface area contributed by atoms with Gasteiger partial charge in [0.15, 0.2) is 11.5 Å². The molecular formula is C11H8N2O3. The van der Waals surface area contributed by atoms with Crippen molar-refractivity contribution in [2.75, 3.05) is 0 Å². The number of aromatic carboxylic acids is 1. The van der Waals surface area contributed by atoms with Crippen molar-refractivity contribution in [2.24, 2.45) is 0 Å². The predicted octanol–water partition coefficient (Wildman–Crippen LogP) is 1.55. The number of hydrogen-bond acceptors (Lipinski definition) is 4. The molecule has 2 rings (SSSR count). The van der Waals surface area contributed by atoms with Crippen molar-refractivity contribution in [3.63, 3.8) is 0 Å². The van der Waals surface area contributed by atoms with Crippen LogP contribution >= 0.6 is 0 Å². The van der Waals surface area contributed by atoms with Crippen LogP contribution in [0.3, 0.4) is 0 Å². The van der Waals surface area contributed by atoms with E-state index in [2.05, 4.69) is 9.97 Å². The van der Waals surface area contributed by atoms with Crippen molar-refractivity contribution in [1.29, 1.82) is 0 Å². The van der Waals surface area contributed by atoms with E-state index in [-0.39, 0.29) is 17.3 Å². The summed E-state index contributed by atoms with van der Waals surface area (Å²) in [6.45, 7) is 0. The van der Waals surface area contributed by atoms with Crippen molar-refractivity contribution in [2.45, 2.75) is 0 Å². The maximum Gasteiger partial charge on any atom is 0.354 e. The minimum atomic E-state index is -1.11. The molecule has 0 fully saturated rings. The number of carbonyl (C=O) groups is 1. The van der Waals surface area contributed by atoms with E-state index < -0.39 is 5.97 Å². The Morgan fingerprint density at radius 2 is 2.06 bits per heavy atom. The Balaban J connectivity index is 2.48. The highest BCUT2D eigenvalue weighted by Gasteiger charge is 2.07. The number of carboxylic acid groups (broad SMARTS) is 1. The highest BCUT2D eigenvalue weighted by Crippen LogP contribution is 2.19. The lowest BCUT2D eigenvalue weighted by Gasteiger charge is -2.01. The van der Waals surface area contributed by atoms with Crippen LogP contribution in [-0.4, -0.2) is 26.2 Å². The van der Waals surface area contributed by atoms with E-state index in [1.54, 1.807) is 12.1 Å². The summed E-state index contributed by atoms with van der Waals surface area (Å²) in [5.41, 5.74) is 0.497. The lowest BCUT2D eigenvalue weighted by molar-refractivity contribution is 0.0690. The van der Waals surface area contributed by atoms with E-state index in [1.165, 1.54) is 24.4 Å². The van der Waals surface area contributed by atoms with Crippen LogP contribution in [-0.2, 0) is 0 Å². The van der Waals surface area contributed by atoms with Crippen LogP contribution in [0.5, 0.6) is 5.75 Å². The number of rotatable bonds is 2. The van der Waals surface area contributed by atoms with Gasteiger partial charge in [0.05, 0.1) is 0 Å². The van der Waals surface area contributed by atoms with E-state index in [0.717, 1.165) is 0 Å². The second-order valence-electron chi connectivity index (χ2n) is 3.12. The SMILES string of the molecule is O=C(O)c1ccnc(-c2cccc(O)c2)n1. The molecule has 0 atom stereocenters. The van der Waals surface area contributed by atoms with Crippen molar-refractivity contribution in [3.05, 3.63) is 42.2 Å². The first kappa shape index (κ1) is 10.1. The van der Waals surface area contributed by atoms with E-state index in [9.17, 15) is 9.90 Å². The zero-order chi connectivity index (χ0) is 11.5. The monoisotopic (exact) mass is 216 g/mol. The van der Waals surface area contributed by atoms with Crippen molar-refractivity contribution in [3.8, 4) is 17.1 Å². The van der Waals surface area contributed by atoms with E-state index >= 15 is 0 Å². The Morgan fingerprint density at radius 1 is 1.25 bits per heavy atom. The normalized spacial score (nSPS) is 10.0. The molecule has 2 N–H and O–H groups in total. The lowest BCUT2D eigenvalue weighted by atomic mass is 10.2. The minimum Gasteiger partial charge on any atom is -0.508 e. The molecule has 0 aliphatic carbocycles. The fourth-order valence-electron chi connectivity index (χ4n) is 1.26. The Morgan fingerprint density at radius 3 is 2.75 bits per heavy atom. The first-order valence-corrected chi connectivity index (χ1v) is 4.52. The summed E-state index contributed by atoms with van der Waals surface area (Å²) in [4.78, 5) is 18.5. The number of phenolic OH excluding ortho intramolecular Hbond substituents is 1. The second kappa shape index (κ2) is 3.98. The van der Waals surface area contributed by atoms with E-state index in [0.29, 0.717) is 5.56 Å². The van der Waals surface area contributed by atoms with Gasteiger partial charge in [-0.2, -0.15) is 0 Å². The number of hydrogen-bond donors (Lipinski definition) is 2. The van der Waals surface area contributed by atoms with E-state index in [4.69, 9.17) is 5.11 Å². The molecule has 5 heteroatoms. The second-order valence-corrected chi connectivity index (χ2v) is 3.12. The molecular weight excluding hydrogens is 208 g/mol. The van der Waals surface area contributed by atoms with E-state index in [1.807, 2.05) is 0 Å². The van der Waals surface area contributed by atoms with Gasteiger partial charge in [-0.25, -0.2) is 14.8 Å². The van der Waals surface area contributed by atoms with Gasteiger partial charge in [-0.3, -0.25) is 0 Å². The molecule has 1 aromatic carbocycles. The molecule has 0 amide bonds. The molecule has 80 valence electrons. The molecule has 0 aliphatic heterocycles. The topological polar surface area (TPSA) is 83.3 Å². The predicted molar refractivity (Wildman–Crippen MR) is 56.1 cm³/mol. The molecule has 16 heavy (non-hydrogen) atoms. The maximum absolute atomic E-state index is 10.7. The maximum atomic E-state index is 10.7. The van der Waals surface area contributed by atoms with Gasteiger partial charge in [-0.1, -0.05) is 12.1 Å². The summed E-state index contributed by atoms with van der Waals surface area (Å²) < 4.78 is 0. The highest BCUT2D eigenvalue weighted by atomic mass is 16.4. The Labute approximate surface area is 91.0 Å². The Bertz CT molecular complexity index is 540. The molecule has 2 aromatic rings. The molecule has 0 spiro atoms. The lowest BCUT2D eigenvalue weighted by Crippen LogP contribution is -2.02. The van der Waals surface area contributed by atoms with Crippen LogP contribution in [0, 0.1) is 0 Å². The average Bonchev–Trinajstić information content (AvgIpc) is 2.29. The third kappa shape index (κ3) is 1.98. The third-order valence-corrected chi connectivity index (χ3v) is 1.98. The molecule has 1 heterocycles. The largest absolute Gasteiger partial charge is 0.508 e. The molecule has 0 saturated carbocycles. The number of carboxylic acids is 1. The van der Waals surface area contributed by atoms with Crippen LogP contribution in [0.25, 0.3) is 11.4 Å². The summed E-state index contributed by atoms with van der Waals surface area (Å²) in [6.07, 6.45) is 1.37. The minimum absolute atomic E-state index is 0.0756. The average molecular weight is 216 g/mol. The number of aromatic hydroxyl groups is 1. The van der Waals surface area contributed by atoms with Crippen molar-refractivity contribution >= 4 is 5.97 Å². The quantitative estimate of drug-likeness (QED) is 0.795. The van der Waals surface area contributed by atoms with Crippen LogP contribution in [0.15, 0.2) is 36.5 Å². The molecule has 0 aliphatic rings. The highest BCUT2D eigenvalue weighted by molar-refractivity contribution is 5.85. The molecule has 0 radical (unpaired) electrons. The first-order valence-electron chi connectivity index (χ1n) is 4.52. The van der Waals surface area contributed by atoms with Gasteiger partial charge >= 0.3 is 5.97 Å². The van der Waals surface area contributed by atoms with Crippen LogP contribution in [0.1, 0.15) is 10.5 Å². The first-order chi connectivity index (χ1) is 7.66. The van der Waals surface area contributed by atoms with Gasteiger partial charge in [0.1, 0.15) is 5.75 Å². The molecule has 0 bridgehead atoms. The number of phenols is 1.